The van der Waals surface area contributed by atoms with Crippen LogP contribution < -0.4 is 0 Å². The lowest BCUT2D eigenvalue weighted by molar-refractivity contribution is -0.132. The van der Waals surface area contributed by atoms with Gasteiger partial charge in [0.2, 0.25) is 5.91 Å². The minimum Gasteiger partial charge on any atom is -0.341 e. The van der Waals surface area contributed by atoms with E-state index >= 15 is 0 Å². The monoisotopic (exact) mass is 335 g/mol. The quantitative estimate of drug-likeness (QED) is 0.846. The lowest BCUT2D eigenvalue weighted by Gasteiger charge is -2.29. The van der Waals surface area contributed by atoms with Crippen LogP contribution >= 0.6 is 11.3 Å². The van der Waals surface area contributed by atoms with E-state index in [1.54, 1.807) is 11.3 Å². The van der Waals surface area contributed by atoms with E-state index in [0.29, 0.717) is 11.8 Å². The summed E-state index contributed by atoms with van der Waals surface area (Å²) in [7, 11) is 0. The number of hydrogen-bond acceptors (Lipinski definition) is 4. The average molecular weight is 336 g/mol. The van der Waals surface area contributed by atoms with Crippen molar-refractivity contribution in [3.63, 3.8) is 0 Å². The van der Waals surface area contributed by atoms with Gasteiger partial charge in [0.1, 0.15) is 0 Å². The average Bonchev–Trinajstić information content (AvgIpc) is 2.91. The van der Waals surface area contributed by atoms with Crippen LogP contribution in [-0.4, -0.2) is 46.9 Å². The molecule has 2 aliphatic rings. The maximum atomic E-state index is 12.6. The summed E-state index contributed by atoms with van der Waals surface area (Å²) in [5.74, 6) is 1.82. The SMILES string of the molecule is C[C@H]1CCC[C@@H](CC(=O)N2CCCN(Cc3cscn3)CC2)C1. The Kier molecular flexibility index (Phi) is 6.06. The van der Waals surface area contributed by atoms with Crippen LogP contribution in [0.2, 0.25) is 0 Å². The summed E-state index contributed by atoms with van der Waals surface area (Å²) in [6.45, 7) is 7.11. The molecule has 1 amide bonds. The second-order valence-electron chi connectivity index (χ2n) is 7.33. The molecule has 128 valence electrons. The van der Waals surface area contributed by atoms with Crippen molar-refractivity contribution in [2.45, 2.75) is 52.0 Å². The number of amides is 1. The first-order valence-electron chi connectivity index (χ1n) is 9.08. The highest BCUT2D eigenvalue weighted by atomic mass is 32.1. The molecule has 2 heterocycles. The van der Waals surface area contributed by atoms with Crippen LogP contribution in [0.25, 0.3) is 0 Å². The molecular weight excluding hydrogens is 306 g/mol. The van der Waals surface area contributed by atoms with E-state index in [1.807, 2.05) is 5.51 Å². The number of carbonyl (C=O) groups is 1. The van der Waals surface area contributed by atoms with Gasteiger partial charge in [0.05, 0.1) is 11.2 Å². The molecule has 0 unspecified atom stereocenters. The minimum absolute atomic E-state index is 0.389. The molecule has 0 aromatic carbocycles. The number of aromatic nitrogens is 1. The Morgan fingerprint density at radius 2 is 2.17 bits per heavy atom. The van der Waals surface area contributed by atoms with Crippen molar-refractivity contribution in [1.29, 1.82) is 0 Å². The normalized spacial score (nSPS) is 26.9. The van der Waals surface area contributed by atoms with Crippen LogP contribution in [0, 0.1) is 11.8 Å². The first-order valence-corrected chi connectivity index (χ1v) is 10.0. The summed E-state index contributed by atoms with van der Waals surface area (Å²) >= 11 is 1.66. The number of rotatable bonds is 4. The lowest BCUT2D eigenvalue weighted by Crippen LogP contribution is -2.36. The van der Waals surface area contributed by atoms with Crippen molar-refractivity contribution in [3.05, 3.63) is 16.6 Å². The fraction of sp³-hybridized carbons (Fsp3) is 0.778. The standard InChI is InChI=1S/C18H29N3OS/c1-15-4-2-5-16(10-15)11-18(22)21-7-3-6-20(8-9-21)12-17-13-23-14-19-17/h13-16H,2-12H2,1H3/t15-,16+/m0/s1. The molecule has 1 aliphatic carbocycles. The molecule has 1 aliphatic heterocycles. The molecule has 0 N–H and O–H groups in total. The van der Waals surface area contributed by atoms with E-state index in [1.165, 1.54) is 25.7 Å². The fourth-order valence-corrected chi connectivity index (χ4v) is 4.59. The van der Waals surface area contributed by atoms with Crippen molar-refractivity contribution in [3.8, 4) is 0 Å². The van der Waals surface area contributed by atoms with Crippen molar-refractivity contribution >= 4 is 17.2 Å². The van der Waals surface area contributed by atoms with Crippen LogP contribution in [-0.2, 0) is 11.3 Å². The van der Waals surface area contributed by atoms with Gasteiger partial charge in [-0.15, -0.1) is 11.3 Å². The summed E-state index contributed by atoms with van der Waals surface area (Å²) in [5, 5.41) is 2.12. The van der Waals surface area contributed by atoms with Gasteiger partial charge < -0.3 is 4.90 Å². The molecular formula is C18H29N3OS. The highest BCUT2D eigenvalue weighted by molar-refractivity contribution is 7.07. The van der Waals surface area contributed by atoms with E-state index in [0.717, 1.165) is 57.2 Å². The Hall–Kier alpha value is -0.940. The highest BCUT2D eigenvalue weighted by Crippen LogP contribution is 2.31. The molecule has 23 heavy (non-hydrogen) atoms. The van der Waals surface area contributed by atoms with Gasteiger partial charge in [-0.2, -0.15) is 0 Å². The van der Waals surface area contributed by atoms with Crippen molar-refractivity contribution in [2.24, 2.45) is 11.8 Å². The van der Waals surface area contributed by atoms with Crippen molar-refractivity contribution in [1.82, 2.24) is 14.8 Å². The fourth-order valence-electron chi connectivity index (χ4n) is 4.04. The second-order valence-corrected chi connectivity index (χ2v) is 8.05. The van der Waals surface area contributed by atoms with Gasteiger partial charge >= 0.3 is 0 Å². The van der Waals surface area contributed by atoms with E-state index in [2.05, 4.69) is 27.1 Å². The van der Waals surface area contributed by atoms with Gasteiger partial charge in [-0.05, 0) is 31.1 Å². The molecule has 3 rings (SSSR count). The molecule has 2 fully saturated rings. The molecule has 0 radical (unpaired) electrons. The first kappa shape index (κ1) is 16.9. The largest absolute Gasteiger partial charge is 0.341 e. The van der Waals surface area contributed by atoms with Gasteiger partial charge in [-0.3, -0.25) is 9.69 Å². The molecule has 2 atom stereocenters. The molecule has 1 saturated heterocycles. The van der Waals surface area contributed by atoms with Crippen LogP contribution in [0.1, 0.15) is 51.1 Å². The van der Waals surface area contributed by atoms with Gasteiger partial charge in [-0.25, -0.2) is 4.98 Å². The molecule has 0 bridgehead atoms. The van der Waals surface area contributed by atoms with Crippen LogP contribution in [0.4, 0.5) is 0 Å². The van der Waals surface area contributed by atoms with Gasteiger partial charge in [-0.1, -0.05) is 19.8 Å². The Labute approximate surface area is 143 Å². The lowest BCUT2D eigenvalue weighted by atomic mass is 9.80. The summed E-state index contributed by atoms with van der Waals surface area (Å²) in [6, 6.07) is 0. The summed E-state index contributed by atoms with van der Waals surface area (Å²) in [4.78, 5) is 21.6. The molecule has 1 saturated carbocycles. The van der Waals surface area contributed by atoms with Crippen molar-refractivity contribution in [2.75, 3.05) is 26.2 Å². The van der Waals surface area contributed by atoms with Gasteiger partial charge in [0.25, 0.3) is 0 Å². The zero-order chi connectivity index (χ0) is 16.1. The van der Waals surface area contributed by atoms with Crippen LogP contribution in [0.5, 0.6) is 0 Å². The third kappa shape index (κ3) is 5.01. The van der Waals surface area contributed by atoms with Crippen LogP contribution in [0.3, 0.4) is 0 Å². The third-order valence-electron chi connectivity index (χ3n) is 5.32. The Balaban J connectivity index is 1.46. The van der Waals surface area contributed by atoms with E-state index in [4.69, 9.17) is 0 Å². The summed E-state index contributed by atoms with van der Waals surface area (Å²) in [6.07, 6.45) is 7.00. The maximum Gasteiger partial charge on any atom is 0.222 e. The van der Waals surface area contributed by atoms with Gasteiger partial charge in [0, 0.05) is 44.5 Å². The smallest absolute Gasteiger partial charge is 0.222 e. The van der Waals surface area contributed by atoms with Crippen molar-refractivity contribution < 1.29 is 4.79 Å². The molecule has 0 spiro atoms. The molecule has 1 aromatic rings. The predicted molar refractivity (Wildman–Crippen MR) is 94.3 cm³/mol. The van der Waals surface area contributed by atoms with E-state index in [-0.39, 0.29) is 0 Å². The number of nitrogens with zero attached hydrogens (tertiary/aromatic N) is 3. The number of thiazole rings is 1. The summed E-state index contributed by atoms with van der Waals surface area (Å²) < 4.78 is 0. The zero-order valence-corrected chi connectivity index (χ0v) is 15.1. The highest BCUT2D eigenvalue weighted by Gasteiger charge is 2.25. The molecule has 4 nitrogen and oxygen atoms in total. The Morgan fingerprint density at radius 1 is 1.26 bits per heavy atom. The molecule has 5 heteroatoms. The Morgan fingerprint density at radius 3 is 2.96 bits per heavy atom. The second kappa shape index (κ2) is 8.25. The van der Waals surface area contributed by atoms with E-state index in [9.17, 15) is 4.79 Å². The van der Waals surface area contributed by atoms with Crippen LogP contribution in [0.15, 0.2) is 10.9 Å². The topological polar surface area (TPSA) is 36.4 Å². The number of carbonyl (C=O) groups excluding carboxylic acids is 1. The number of hydrogen-bond donors (Lipinski definition) is 0. The third-order valence-corrected chi connectivity index (χ3v) is 5.95. The van der Waals surface area contributed by atoms with Gasteiger partial charge in [0.15, 0.2) is 0 Å². The summed E-state index contributed by atoms with van der Waals surface area (Å²) in [5.41, 5.74) is 3.06. The minimum atomic E-state index is 0.389. The Bertz CT molecular complexity index is 490. The zero-order valence-electron chi connectivity index (χ0n) is 14.2. The molecule has 1 aromatic heterocycles. The first-order chi connectivity index (χ1) is 11.2. The van der Waals surface area contributed by atoms with E-state index < -0.39 is 0 Å². The maximum absolute atomic E-state index is 12.6. The predicted octanol–water partition coefficient (Wildman–Crippen LogP) is 3.39.